The Hall–Kier alpha value is -2.30. The van der Waals surface area contributed by atoms with Crippen molar-refractivity contribution in [3.05, 3.63) is 71.8 Å². The van der Waals surface area contributed by atoms with Gasteiger partial charge < -0.3 is 14.3 Å². The molecule has 4 heteroatoms. The lowest BCUT2D eigenvalue weighted by Crippen LogP contribution is -2.33. The Morgan fingerprint density at radius 2 is 1.46 bits per heavy atom. The van der Waals surface area contributed by atoms with Gasteiger partial charge in [0.15, 0.2) is 5.78 Å². The normalized spacial score (nSPS) is 14.4. The smallest absolute Gasteiger partial charge is 0.161 e. The van der Waals surface area contributed by atoms with Crippen molar-refractivity contribution in [2.45, 2.75) is 33.2 Å². The van der Waals surface area contributed by atoms with Crippen molar-refractivity contribution in [1.82, 2.24) is 0 Å². The number of ether oxygens (including phenoxy) is 2. The Balaban J connectivity index is 1.80. The van der Waals surface area contributed by atoms with Crippen LogP contribution in [0.4, 0.5) is 0 Å². The SMILES string of the molecule is C[C@H]([C@H](C=O)OCc1ccccc1)[C@H](C)C(=O)COCc1ccccc1. The monoisotopic (exact) mass is 354 g/mol. The van der Waals surface area contributed by atoms with E-state index in [0.717, 1.165) is 17.4 Å². The lowest BCUT2D eigenvalue weighted by molar-refractivity contribution is -0.134. The van der Waals surface area contributed by atoms with Crippen LogP contribution >= 0.6 is 0 Å². The molecule has 0 bridgehead atoms. The third-order valence-electron chi connectivity index (χ3n) is 4.59. The molecule has 0 saturated carbocycles. The quantitative estimate of drug-likeness (QED) is 0.576. The molecule has 138 valence electrons. The van der Waals surface area contributed by atoms with Gasteiger partial charge in [-0.15, -0.1) is 0 Å². The molecule has 0 saturated heterocycles. The topological polar surface area (TPSA) is 52.6 Å². The number of carbonyl (C=O) groups is 2. The summed E-state index contributed by atoms with van der Waals surface area (Å²) in [5.41, 5.74) is 2.02. The number of hydrogen-bond acceptors (Lipinski definition) is 4. The third-order valence-corrected chi connectivity index (χ3v) is 4.59. The molecule has 2 rings (SSSR count). The molecular formula is C22H26O4. The van der Waals surface area contributed by atoms with E-state index in [1.807, 2.05) is 74.5 Å². The van der Waals surface area contributed by atoms with Crippen LogP contribution in [0.25, 0.3) is 0 Å². The van der Waals surface area contributed by atoms with Crippen molar-refractivity contribution >= 4 is 12.1 Å². The molecule has 0 heterocycles. The number of Topliss-reactive ketones (excluding diaryl/α,β-unsaturated/α-hetero) is 1. The predicted molar refractivity (Wildman–Crippen MR) is 101 cm³/mol. The molecule has 0 aliphatic carbocycles. The molecule has 2 aromatic carbocycles. The van der Waals surface area contributed by atoms with Crippen LogP contribution < -0.4 is 0 Å². The molecule has 4 nitrogen and oxygen atoms in total. The number of rotatable bonds is 11. The maximum atomic E-state index is 12.4. The summed E-state index contributed by atoms with van der Waals surface area (Å²) in [7, 11) is 0. The van der Waals surface area contributed by atoms with Crippen LogP contribution in [0.1, 0.15) is 25.0 Å². The minimum Gasteiger partial charge on any atom is -0.369 e. The van der Waals surface area contributed by atoms with Gasteiger partial charge in [-0.2, -0.15) is 0 Å². The van der Waals surface area contributed by atoms with E-state index in [9.17, 15) is 9.59 Å². The summed E-state index contributed by atoms with van der Waals surface area (Å²) in [6.45, 7) is 4.46. The first kappa shape index (κ1) is 20.0. The molecule has 26 heavy (non-hydrogen) atoms. The van der Waals surface area contributed by atoms with E-state index >= 15 is 0 Å². The molecular weight excluding hydrogens is 328 g/mol. The zero-order valence-electron chi connectivity index (χ0n) is 15.3. The van der Waals surface area contributed by atoms with Gasteiger partial charge in [0, 0.05) is 5.92 Å². The van der Waals surface area contributed by atoms with Crippen LogP contribution in [0.15, 0.2) is 60.7 Å². The average Bonchev–Trinajstić information content (AvgIpc) is 2.69. The van der Waals surface area contributed by atoms with Crippen LogP contribution in [-0.4, -0.2) is 24.8 Å². The van der Waals surface area contributed by atoms with E-state index in [0.29, 0.717) is 13.2 Å². The average molecular weight is 354 g/mol. The lowest BCUT2D eigenvalue weighted by Gasteiger charge is -2.24. The standard InChI is InChI=1S/C22H26O4/c1-17(21(24)16-25-14-19-9-5-3-6-10-19)18(2)22(13-23)26-15-20-11-7-4-8-12-20/h3-13,17-18,22H,14-16H2,1-2H3/t17-,18-,22-/m0/s1. The van der Waals surface area contributed by atoms with E-state index < -0.39 is 6.10 Å². The largest absolute Gasteiger partial charge is 0.369 e. The zero-order valence-corrected chi connectivity index (χ0v) is 15.3. The molecule has 3 atom stereocenters. The second kappa shape index (κ2) is 10.6. The molecule has 0 aliphatic heterocycles. The Kier molecular flexibility index (Phi) is 8.19. The summed E-state index contributed by atoms with van der Waals surface area (Å²) in [6.07, 6.45) is 0.158. The third kappa shape index (κ3) is 6.21. The molecule has 0 N–H and O–H groups in total. The van der Waals surface area contributed by atoms with Crippen LogP contribution in [-0.2, 0) is 32.3 Å². The van der Waals surface area contributed by atoms with Gasteiger partial charge in [0.2, 0.25) is 0 Å². The first-order chi connectivity index (χ1) is 12.6. The van der Waals surface area contributed by atoms with Gasteiger partial charge in [0.1, 0.15) is 19.0 Å². The van der Waals surface area contributed by atoms with Gasteiger partial charge in [-0.3, -0.25) is 4.79 Å². The van der Waals surface area contributed by atoms with E-state index in [2.05, 4.69) is 0 Å². The second-order valence-corrected chi connectivity index (χ2v) is 6.49. The highest BCUT2D eigenvalue weighted by molar-refractivity contribution is 5.82. The Morgan fingerprint density at radius 3 is 2.00 bits per heavy atom. The van der Waals surface area contributed by atoms with Crippen molar-refractivity contribution in [3.8, 4) is 0 Å². The fraction of sp³-hybridized carbons (Fsp3) is 0.364. The molecule has 0 unspecified atom stereocenters. The van der Waals surface area contributed by atoms with Crippen molar-refractivity contribution in [2.24, 2.45) is 11.8 Å². The Bertz CT molecular complexity index is 669. The fourth-order valence-electron chi connectivity index (χ4n) is 2.63. The number of aldehydes is 1. The number of carbonyl (C=O) groups excluding carboxylic acids is 2. The zero-order chi connectivity index (χ0) is 18.8. The van der Waals surface area contributed by atoms with Crippen molar-refractivity contribution < 1.29 is 19.1 Å². The first-order valence-corrected chi connectivity index (χ1v) is 8.87. The minimum absolute atomic E-state index is 0.0245. The Labute approximate surface area is 155 Å². The van der Waals surface area contributed by atoms with Gasteiger partial charge in [0.25, 0.3) is 0 Å². The molecule has 0 radical (unpaired) electrons. The number of benzene rings is 2. The first-order valence-electron chi connectivity index (χ1n) is 8.87. The fourth-order valence-corrected chi connectivity index (χ4v) is 2.63. The number of hydrogen-bond donors (Lipinski definition) is 0. The van der Waals surface area contributed by atoms with Crippen molar-refractivity contribution in [1.29, 1.82) is 0 Å². The molecule has 0 fully saturated rings. The van der Waals surface area contributed by atoms with E-state index in [-0.39, 0.29) is 24.2 Å². The van der Waals surface area contributed by atoms with Gasteiger partial charge in [0.05, 0.1) is 13.2 Å². The highest BCUT2D eigenvalue weighted by Gasteiger charge is 2.28. The summed E-state index contributed by atoms with van der Waals surface area (Å²) in [5.74, 6) is -0.565. The molecule has 0 amide bonds. The van der Waals surface area contributed by atoms with Gasteiger partial charge >= 0.3 is 0 Å². The van der Waals surface area contributed by atoms with E-state index in [4.69, 9.17) is 9.47 Å². The highest BCUT2D eigenvalue weighted by Crippen LogP contribution is 2.19. The van der Waals surface area contributed by atoms with Gasteiger partial charge in [-0.05, 0) is 17.0 Å². The molecule has 0 aliphatic rings. The van der Waals surface area contributed by atoms with Crippen molar-refractivity contribution in [3.63, 3.8) is 0 Å². The maximum absolute atomic E-state index is 12.4. The summed E-state index contributed by atoms with van der Waals surface area (Å²) >= 11 is 0. The van der Waals surface area contributed by atoms with Gasteiger partial charge in [-0.1, -0.05) is 74.5 Å². The molecule has 0 spiro atoms. The van der Waals surface area contributed by atoms with Crippen LogP contribution in [0.5, 0.6) is 0 Å². The Morgan fingerprint density at radius 1 is 0.923 bits per heavy atom. The second-order valence-electron chi connectivity index (χ2n) is 6.49. The summed E-state index contributed by atoms with van der Waals surface area (Å²) < 4.78 is 11.2. The number of ketones is 1. The highest BCUT2D eigenvalue weighted by atomic mass is 16.5. The predicted octanol–water partition coefficient (Wildman–Crippen LogP) is 3.83. The summed E-state index contributed by atoms with van der Waals surface area (Å²) in [4.78, 5) is 23.8. The summed E-state index contributed by atoms with van der Waals surface area (Å²) in [5, 5.41) is 0. The van der Waals surface area contributed by atoms with Crippen LogP contribution in [0.2, 0.25) is 0 Å². The minimum atomic E-state index is -0.622. The van der Waals surface area contributed by atoms with Crippen molar-refractivity contribution in [2.75, 3.05) is 6.61 Å². The maximum Gasteiger partial charge on any atom is 0.161 e. The van der Waals surface area contributed by atoms with Crippen LogP contribution in [0.3, 0.4) is 0 Å². The van der Waals surface area contributed by atoms with E-state index in [1.54, 1.807) is 0 Å². The molecule has 0 aromatic heterocycles. The van der Waals surface area contributed by atoms with Crippen LogP contribution in [0, 0.1) is 11.8 Å². The molecule has 2 aromatic rings. The van der Waals surface area contributed by atoms with E-state index in [1.165, 1.54) is 0 Å². The van der Waals surface area contributed by atoms with Gasteiger partial charge in [-0.25, -0.2) is 0 Å². The summed E-state index contributed by atoms with van der Waals surface area (Å²) in [6, 6.07) is 19.4. The lowest BCUT2D eigenvalue weighted by atomic mass is 9.88.